The number of nitrogens with one attached hydrogen (secondary N) is 1. The first-order chi connectivity index (χ1) is 18.8. The molecule has 202 valence electrons. The van der Waals surface area contributed by atoms with Crippen molar-refractivity contribution in [3.05, 3.63) is 64.8 Å². The number of fused-ring (bicyclic) bond motifs is 1. The Balaban J connectivity index is 1.45. The number of H-pyrrole nitrogens is 1. The number of halogens is 1. The molecule has 3 N–H and O–H groups in total. The number of likely N-dealkylation sites (tertiary alicyclic amines) is 1. The number of aryl methyl sites for hydroxylation is 1. The van der Waals surface area contributed by atoms with Gasteiger partial charge in [-0.25, -0.2) is 9.37 Å². The largest absolute Gasteiger partial charge is 0.365 e. The van der Waals surface area contributed by atoms with Gasteiger partial charge in [0.1, 0.15) is 16.9 Å². The third-order valence-corrected chi connectivity index (χ3v) is 8.34. The molecular weight excluding hydrogens is 499 g/mol. The van der Waals surface area contributed by atoms with Gasteiger partial charge in [-0.2, -0.15) is 0 Å². The Kier molecular flexibility index (Phi) is 6.40. The second-order valence-electron chi connectivity index (χ2n) is 10.9. The predicted molar refractivity (Wildman–Crippen MR) is 143 cm³/mol. The van der Waals surface area contributed by atoms with E-state index in [-0.39, 0.29) is 28.5 Å². The standard InChI is InChI=1S/C29H31FN6O3/c1-15-4-6-17(7-5-15)23(26-22(27(31)37)16(2)35-39-26)28-33-21-9-8-18(24(30)25(21)34-28)20-14-32-11-10-19(20)29(38)36-12-3-13-36/h8-11,14-15,17,23H,3-7,12-13H2,1-2H3,(H2,31,37)(H,33,34)/t15?,17?,23-/m1/s1. The molecule has 39 heavy (non-hydrogen) atoms. The molecule has 0 unspecified atom stereocenters. The van der Waals surface area contributed by atoms with Crippen LogP contribution in [-0.4, -0.2) is 49.9 Å². The molecule has 2 fully saturated rings. The summed E-state index contributed by atoms with van der Waals surface area (Å²) >= 11 is 0. The Bertz CT molecular complexity index is 1560. The van der Waals surface area contributed by atoms with Gasteiger partial charge >= 0.3 is 0 Å². The summed E-state index contributed by atoms with van der Waals surface area (Å²) in [5, 5.41) is 4.04. The molecule has 1 aliphatic heterocycles. The number of hydrogen-bond donors (Lipinski definition) is 2. The Morgan fingerprint density at radius 3 is 2.62 bits per heavy atom. The van der Waals surface area contributed by atoms with Crippen LogP contribution in [0.4, 0.5) is 4.39 Å². The quantitative estimate of drug-likeness (QED) is 0.362. The van der Waals surface area contributed by atoms with Gasteiger partial charge in [0.05, 0.1) is 22.7 Å². The third-order valence-electron chi connectivity index (χ3n) is 8.34. The number of nitrogens with two attached hydrogens (primary N) is 1. The summed E-state index contributed by atoms with van der Waals surface area (Å²) in [6, 6.07) is 5.04. The molecule has 0 bridgehead atoms. The van der Waals surface area contributed by atoms with Crippen LogP contribution in [0.5, 0.6) is 0 Å². The zero-order chi connectivity index (χ0) is 27.3. The fourth-order valence-corrected chi connectivity index (χ4v) is 5.98. The first kappa shape index (κ1) is 25.2. The van der Waals surface area contributed by atoms with E-state index in [2.05, 4.69) is 22.0 Å². The smallest absolute Gasteiger partial charge is 0.254 e. The van der Waals surface area contributed by atoms with Gasteiger partial charge in [-0.05, 0) is 56.2 Å². The number of imidazole rings is 1. The summed E-state index contributed by atoms with van der Waals surface area (Å²) in [6.07, 6.45) is 7.92. The van der Waals surface area contributed by atoms with Gasteiger partial charge in [0.25, 0.3) is 11.8 Å². The normalized spacial score (nSPS) is 20.1. The van der Waals surface area contributed by atoms with Crippen LogP contribution >= 0.6 is 0 Å². The predicted octanol–water partition coefficient (Wildman–Crippen LogP) is 4.96. The van der Waals surface area contributed by atoms with Crippen LogP contribution in [0.15, 0.2) is 35.1 Å². The molecule has 1 saturated carbocycles. The third kappa shape index (κ3) is 4.37. The molecule has 1 aromatic carbocycles. The van der Waals surface area contributed by atoms with Crippen LogP contribution in [0.1, 0.15) is 82.9 Å². The maximum absolute atomic E-state index is 16.1. The molecule has 4 heterocycles. The van der Waals surface area contributed by atoms with Crippen molar-refractivity contribution in [3.8, 4) is 11.1 Å². The molecule has 4 aromatic rings. The van der Waals surface area contributed by atoms with Crippen molar-refractivity contribution in [2.24, 2.45) is 17.6 Å². The Morgan fingerprint density at radius 2 is 1.92 bits per heavy atom. The first-order valence-corrected chi connectivity index (χ1v) is 13.5. The van der Waals surface area contributed by atoms with Crippen molar-refractivity contribution < 1.29 is 18.5 Å². The van der Waals surface area contributed by atoms with Crippen LogP contribution in [0, 0.1) is 24.6 Å². The van der Waals surface area contributed by atoms with Crippen molar-refractivity contribution >= 4 is 22.8 Å². The first-order valence-electron chi connectivity index (χ1n) is 13.5. The highest BCUT2D eigenvalue weighted by Gasteiger charge is 2.37. The molecule has 1 aliphatic carbocycles. The number of amides is 2. The van der Waals surface area contributed by atoms with E-state index in [1.165, 1.54) is 6.20 Å². The van der Waals surface area contributed by atoms with Crippen LogP contribution in [0.25, 0.3) is 22.2 Å². The van der Waals surface area contributed by atoms with Gasteiger partial charge in [0.2, 0.25) is 0 Å². The molecule has 1 atom stereocenters. The van der Waals surface area contributed by atoms with Crippen LogP contribution < -0.4 is 5.73 Å². The maximum Gasteiger partial charge on any atom is 0.254 e. The minimum absolute atomic E-state index is 0.119. The summed E-state index contributed by atoms with van der Waals surface area (Å²) < 4.78 is 21.8. The van der Waals surface area contributed by atoms with E-state index in [1.54, 1.807) is 36.2 Å². The van der Waals surface area contributed by atoms with E-state index in [1.807, 2.05) is 0 Å². The van der Waals surface area contributed by atoms with Gasteiger partial charge in [0, 0.05) is 36.6 Å². The highest BCUT2D eigenvalue weighted by molar-refractivity contribution is 6.02. The minimum atomic E-state index is -0.613. The molecule has 2 aliphatic rings. The number of carbonyl (C=O) groups excluding carboxylic acids is 2. The lowest BCUT2D eigenvalue weighted by Gasteiger charge is -2.31. The number of nitrogens with zero attached hydrogens (tertiary/aromatic N) is 4. The average Bonchev–Trinajstić information content (AvgIpc) is 3.49. The topological polar surface area (TPSA) is 131 Å². The van der Waals surface area contributed by atoms with Crippen molar-refractivity contribution in [2.75, 3.05) is 13.1 Å². The number of aromatic amines is 1. The molecule has 1 saturated heterocycles. The van der Waals surface area contributed by atoms with Crippen molar-refractivity contribution in [2.45, 2.75) is 51.9 Å². The molecule has 6 rings (SSSR count). The average molecular weight is 531 g/mol. The number of rotatable bonds is 6. The molecular formula is C29H31FN6O3. The van der Waals surface area contributed by atoms with Crippen molar-refractivity contribution in [1.82, 2.24) is 25.0 Å². The molecule has 0 radical (unpaired) electrons. The van der Waals surface area contributed by atoms with Gasteiger partial charge in [-0.15, -0.1) is 0 Å². The molecule has 9 nitrogen and oxygen atoms in total. The highest BCUT2D eigenvalue weighted by Crippen LogP contribution is 2.43. The van der Waals surface area contributed by atoms with Gasteiger partial charge in [-0.3, -0.25) is 14.6 Å². The summed E-state index contributed by atoms with van der Waals surface area (Å²) in [5.74, 6) is -0.119. The summed E-state index contributed by atoms with van der Waals surface area (Å²) in [4.78, 5) is 39.3. The van der Waals surface area contributed by atoms with E-state index in [9.17, 15) is 9.59 Å². The van der Waals surface area contributed by atoms with Gasteiger partial charge < -0.3 is 20.1 Å². The summed E-state index contributed by atoms with van der Waals surface area (Å²) in [6.45, 7) is 5.31. The number of benzene rings is 1. The van der Waals surface area contributed by atoms with E-state index >= 15 is 4.39 Å². The Morgan fingerprint density at radius 1 is 1.15 bits per heavy atom. The SMILES string of the molecule is Cc1noc([C@H](c2nc3c(F)c(-c4cnccc4C(=O)N4CCC4)ccc3[nH]2)C2CCC(C)CC2)c1C(N)=O. The fraction of sp³-hybridized carbons (Fsp3) is 0.414. The molecule has 10 heteroatoms. The van der Waals surface area contributed by atoms with E-state index in [0.717, 1.165) is 32.1 Å². The highest BCUT2D eigenvalue weighted by atomic mass is 19.1. The molecule has 2 amide bonds. The second-order valence-corrected chi connectivity index (χ2v) is 10.9. The van der Waals surface area contributed by atoms with E-state index < -0.39 is 17.6 Å². The number of carbonyl (C=O) groups is 2. The lowest BCUT2D eigenvalue weighted by Crippen LogP contribution is -2.42. The van der Waals surface area contributed by atoms with Gasteiger partial charge in [-0.1, -0.05) is 24.9 Å². The molecule has 3 aromatic heterocycles. The fourth-order valence-electron chi connectivity index (χ4n) is 5.98. The van der Waals surface area contributed by atoms with Crippen LogP contribution in [0.2, 0.25) is 0 Å². The number of hydrogen-bond acceptors (Lipinski definition) is 6. The molecule has 0 spiro atoms. The van der Waals surface area contributed by atoms with E-state index in [0.29, 0.717) is 52.9 Å². The van der Waals surface area contributed by atoms with Crippen LogP contribution in [0.3, 0.4) is 0 Å². The Labute approximate surface area is 225 Å². The summed E-state index contributed by atoms with van der Waals surface area (Å²) in [5.41, 5.74) is 8.16. The zero-order valence-corrected chi connectivity index (χ0v) is 22.0. The zero-order valence-electron chi connectivity index (χ0n) is 22.0. The second kappa shape index (κ2) is 9.91. The van der Waals surface area contributed by atoms with Crippen molar-refractivity contribution in [3.63, 3.8) is 0 Å². The van der Waals surface area contributed by atoms with Crippen LogP contribution in [-0.2, 0) is 0 Å². The number of primary amides is 1. The Hall–Kier alpha value is -4.08. The monoisotopic (exact) mass is 530 g/mol. The van der Waals surface area contributed by atoms with Gasteiger partial charge in [0.15, 0.2) is 11.6 Å². The number of pyridine rings is 1. The van der Waals surface area contributed by atoms with E-state index in [4.69, 9.17) is 15.2 Å². The summed E-state index contributed by atoms with van der Waals surface area (Å²) in [7, 11) is 0. The number of aromatic nitrogens is 4. The minimum Gasteiger partial charge on any atom is -0.365 e. The van der Waals surface area contributed by atoms with Crippen molar-refractivity contribution in [1.29, 1.82) is 0 Å². The lowest BCUT2D eigenvalue weighted by molar-refractivity contribution is 0.0652. The lowest BCUT2D eigenvalue weighted by atomic mass is 9.74. The maximum atomic E-state index is 16.1.